The van der Waals surface area contributed by atoms with E-state index in [-0.39, 0.29) is 30.8 Å². The number of nitrogens with two attached hydrogens (primary N) is 1. The summed E-state index contributed by atoms with van der Waals surface area (Å²) in [7, 11) is 0. The second kappa shape index (κ2) is 11.9. The highest BCUT2D eigenvalue weighted by atomic mass is 16.6. The third kappa shape index (κ3) is 7.17. The van der Waals surface area contributed by atoms with E-state index in [0.717, 1.165) is 5.39 Å². The predicted molar refractivity (Wildman–Crippen MR) is 153 cm³/mol. The Hall–Kier alpha value is -4.84. The van der Waals surface area contributed by atoms with Crippen molar-refractivity contribution in [3.63, 3.8) is 0 Å². The van der Waals surface area contributed by atoms with Crippen LogP contribution in [-0.2, 0) is 4.74 Å². The molecule has 0 unspecified atom stereocenters. The molecule has 0 saturated carbocycles. The van der Waals surface area contributed by atoms with Gasteiger partial charge in [-0.05, 0) is 63.2 Å². The summed E-state index contributed by atoms with van der Waals surface area (Å²) in [5.74, 6) is -0.923. The summed E-state index contributed by atoms with van der Waals surface area (Å²) in [6, 6.07) is 13.8. The highest BCUT2D eigenvalue weighted by molar-refractivity contribution is 6.08. The van der Waals surface area contributed by atoms with Crippen LogP contribution in [-0.4, -0.2) is 65.6 Å². The Morgan fingerprint density at radius 1 is 0.750 bits per heavy atom. The SMILES string of the molecule is CC(C)(C)OC(=O)NCCNC(=O)c1ccc2[nH]c(C(=O)Nc3ccc4cc(C(=O)NCCN)[nH]c4c3)cc2c1. The lowest BCUT2D eigenvalue weighted by atomic mass is 10.1. The number of carbonyl (C=O) groups is 4. The van der Waals surface area contributed by atoms with Crippen molar-refractivity contribution in [1.29, 1.82) is 0 Å². The van der Waals surface area contributed by atoms with E-state index in [1.165, 1.54) is 0 Å². The first-order valence-corrected chi connectivity index (χ1v) is 12.8. The van der Waals surface area contributed by atoms with E-state index in [9.17, 15) is 19.2 Å². The lowest BCUT2D eigenvalue weighted by Crippen LogP contribution is -2.37. The molecule has 8 N–H and O–H groups in total. The number of nitrogens with one attached hydrogen (secondary N) is 6. The Kier molecular flexibility index (Phi) is 8.39. The third-order valence-corrected chi connectivity index (χ3v) is 5.76. The normalized spacial score (nSPS) is 11.3. The van der Waals surface area contributed by atoms with E-state index in [1.54, 1.807) is 69.3 Å². The number of aromatic amines is 2. The van der Waals surface area contributed by atoms with E-state index >= 15 is 0 Å². The fraction of sp³-hybridized carbons (Fsp3) is 0.286. The summed E-state index contributed by atoms with van der Waals surface area (Å²) in [6.45, 7) is 6.47. The summed E-state index contributed by atoms with van der Waals surface area (Å²) < 4.78 is 5.16. The second-order valence-corrected chi connectivity index (χ2v) is 10.2. The molecule has 2 heterocycles. The molecule has 4 amide bonds. The van der Waals surface area contributed by atoms with Crippen molar-refractivity contribution < 1.29 is 23.9 Å². The fourth-order valence-electron chi connectivity index (χ4n) is 3.96. The molecule has 2 aromatic carbocycles. The van der Waals surface area contributed by atoms with Crippen LogP contribution in [0.25, 0.3) is 21.8 Å². The van der Waals surface area contributed by atoms with Gasteiger partial charge in [0.15, 0.2) is 0 Å². The molecule has 0 aliphatic rings. The van der Waals surface area contributed by atoms with Crippen molar-refractivity contribution in [2.45, 2.75) is 26.4 Å². The molecule has 4 rings (SSSR count). The topological polar surface area (TPSA) is 183 Å². The number of hydrogen-bond donors (Lipinski definition) is 7. The maximum Gasteiger partial charge on any atom is 0.407 e. The van der Waals surface area contributed by atoms with Crippen molar-refractivity contribution in [2.24, 2.45) is 5.73 Å². The minimum Gasteiger partial charge on any atom is -0.444 e. The molecule has 210 valence electrons. The minimum atomic E-state index is -0.598. The number of alkyl carbamates (subject to hydrolysis) is 1. The molecular weight excluding hydrogens is 514 g/mol. The molecule has 0 radical (unpaired) electrons. The van der Waals surface area contributed by atoms with Crippen molar-refractivity contribution in [2.75, 3.05) is 31.5 Å². The van der Waals surface area contributed by atoms with E-state index < -0.39 is 11.7 Å². The maximum absolute atomic E-state index is 12.9. The van der Waals surface area contributed by atoms with Gasteiger partial charge in [-0.1, -0.05) is 6.07 Å². The van der Waals surface area contributed by atoms with Gasteiger partial charge < -0.3 is 41.7 Å². The molecule has 0 spiro atoms. The van der Waals surface area contributed by atoms with Crippen LogP contribution in [0.3, 0.4) is 0 Å². The first kappa shape index (κ1) is 28.2. The van der Waals surface area contributed by atoms with Gasteiger partial charge in [0.1, 0.15) is 17.0 Å². The lowest BCUT2D eigenvalue weighted by Gasteiger charge is -2.19. The first-order chi connectivity index (χ1) is 19.0. The van der Waals surface area contributed by atoms with Gasteiger partial charge in [-0.3, -0.25) is 14.4 Å². The number of carbonyl (C=O) groups excluding carboxylic acids is 4. The van der Waals surface area contributed by atoms with Crippen LogP contribution in [0.4, 0.5) is 10.5 Å². The molecule has 0 aliphatic heterocycles. The van der Waals surface area contributed by atoms with Gasteiger partial charge in [-0.2, -0.15) is 0 Å². The van der Waals surface area contributed by atoms with E-state index in [0.29, 0.717) is 52.1 Å². The molecule has 0 aliphatic carbocycles. The number of aromatic nitrogens is 2. The van der Waals surface area contributed by atoms with Crippen LogP contribution >= 0.6 is 0 Å². The molecule has 4 aromatic rings. The zero-order valence-corrected chi connectivity index (χ0v) is 22.6. The summed E-state index contributed by atoms with van der Waals surface area (Å²) in [4.78, 5) is 55.5. The Morgan fingerprint density at radius 3 is 2.17 bits per heavy atom. The predicted octanol–water partition coefficient (Wildman–Crippen LogP) is 2.84. The Labute approximate surface area is 230 Å². The van der Waals surface area contributed by atoms with Gasteiger partial charge in [0.2, 0.25) is 0 Å². The minimum absolute atomic E-state index is 0.217. The van der Waals surface area contributed by atoms with Crippen LogP contribution in [0.15, 0.2) is 48.5 Å². The molecular formula is C28H33N7O5. The van der Waals surface area contributed by atoms with Crippen molar-refractivity contribution in [1.82, 2.24) is 25.9 Å². The first-order valence-electron chi connectivity index (χ1n) is 12.8. The van der Waals surface area contributed by atoms with E-state index in [1.807, 2.05) is 0 Å². The Balaban J connectivity index is 1.36. The summed E-state index contributed by atoms with van der Waals surface area (Å²) in [6.07, 6.45) is -0.551. The number of hydrogen-bond acceptors (Lipinski definition) is 6. The average Bonchev–Trinajstić information content (AvgIpc) is 3.52. The van der Waals surface area contributed by atoms with Gasteiger partial charge in [0.25, 0.3) is 17.7 Å². The van der Waals surface area contributed by atoms with Crippen LogP contribution in [0.2, 0.25) is 0 Å². The van der Waals surface area contributed by atoms with Gasteiger partial charge >= 0.3 is 6.09 Å². The molecule has 0 atom stereocenters. The van der Waals surface area contributed by atoms with Gasteiger partial charge in [-0.15, -0.1) is 0 Å². The monoisotopic (exact) mass is 547 g/mol. The molecule has 2 aromatic heterocycles. The summed E-state index contributed by atoms with van der Waals surface area (Å²) in [5, 5.41) is 12.4. The van der Waals surface area contributed by atoms with Gasteiger partial charge in [0.05, 0.1) is 0 Å². The average molecular weight is 548 g/mol. The number of H-pyrrole nitrogens is 2. The van der Waals surface area contributed by atoms with Crippen molar-refractivity contribution in [3.8, 4) is 0 Å². The Bertz CT molecular complexity index is 1560. The molecule has 12 nitrogen and oxygen atoms in total. The van der Waals surface area contributed by atoms with Crippen molar-refractivity contribution >= 4 is 51.3 Å². The third-order valence-electron chi connectivity index (χ3n) is 5.76. The quantitative estimate of drug-likeness (QED) is 0.158. The zero-order valence-electron chi connectivity index (χ0n) is 22.6. The highest BCUT2D eigenvalue weighted by Gasteiger charge is 2.16. The largest absolute Gasteiger partial charge is 0.444 e. The van der Waals surface area contributed by atoms with Crippen LogP contribution < -0.4 is 27.0 Å². The second-order valence-electron chi connectivity index (χ2n) is 10.2. The number of fused-ring (bicyclic) bond motifs is 2. The van der Waals surface area contributed by atoms with Gasteiger partial charge in [0, 0.05) is 59.2 Å². The highest BCUT2D eigenvalue weighted by Crippen LogP contribution is 2.22. The fourth-order valence-corrected chi connectivity index (χ4v) is 3.96. The smallest absolute Gasteiger partial charge is 0.407 e. The number of benzene rings is 2. The molecule has 0 saturated heterocycles. The molecule has 0 bridgehead atoms. The Morgan fingerprint density at radius 2 is 1.43 bits per heavy atom. The van der Waals surface area contributed by atoms with Crippen LogP contribution in [0, 0.1) is 0 Å². The maximum atomic E-state index is 12.9. The van der Waals surface area contributed by atoms with E-state index in [2.05, 4.69) is 31.2 Å². The number of ether oxygens (including phenoxy) is 1. The zero-order chi connectivity index (χ0) is 28.9. The van der Waals surface area contributed by atoms with E-state index in [4.69, 9.17) is 10.5 Å². The number of amides is 4. The summed E-state index contributed by atoms with van der Waals surface area (Å²) in [5.41, 5.74) is 7.92. The van der Waals surface area contributed by atoms with Crippen LogP contribution in [0.1, 0.15) is 52.1 Å². The molecule has 40 heavy (non-hydrogen) atoms. The summed E-state index contributed by atoms with van der Waals surface area (Å²) >= 11 is 0. The van der Waals surface area contributed by atoms with Crippen LogP contribution in [0.5, 0.6) is 0 Å². The molecule has 12 heteroatoms. The lowest BCUT2D eigenvalue weighted by molar-refractivity contribution is 0.0526. The number of anilines is 1. The number of rotatable bonds is 9. The molecule has 0 fully saturated rings. The van der Waals surface area contributed by atoms with Crippen molar-refractivity contribution in [3.05, 3.63) is 65.5 Å². The standard InChI is InChI=1S/C28H33N7O5/c1-28(2,3)40-27(39)32-11-10-31-24(36)17-5-7-20-18(12-17)14-23(34-20)26(38)33-19-6-4-16-13-22(35-21(16)15-19)25(37)30-9-8-29/h4-7,12-15,34-35H,8-11,29H2,1-3H3,(H,30,37)(H,31,36)(H,32,39)(H,33,38). The van der Waals surface area contributed by atoms with Gasteiger partial charge in [-0.25, -0.2) is 4.79 Å².